The number of hydrogen-bond acceptors (Lipinski definition) is 4. The van der Waals surface area contributed by atoms with Crippen LogP contribution < -0.4 is 4.90 Å². The molecule has 1 aliphatic carbocycles. The van der Waals surface area contributed by atoms with Crippen LogP contribution in [0.1, 0.15) is 41.9 Å². The van der Waals surface area contributed by atoms with Gasteiger partial charge in [0.05, 0.1) is 28.6 Å². The predicted octanol–water partition coefficient (Wildman–Crippen LogP) is 3.71. The quantitative estimate of drug-likeness (QED) is 0.629. The molecule has 2 aliphatic rings. The number of nitrogens with zero attached hydrogens (tertiary/aromatic N) is 3. The Morgan fingerprint density at radius 1 is 0.931 bits per heavy atom. The monoisotopic (exact) mass is 387 g/mol. The molecule has 1 aliphatic heterocycles. The van der Waals surface area contributed by atoms with Crippen molar-refractivity contribution in [2.24, 2.45) is 11.8 Å². The second-order valence-electron chi connectivity index (χ2n) is 7.84. The molecule has 2 aromatic carbocycles. The fourth-order valence-corrected chi connectivity index (χ4v) is 4.70. The molecule has 1 aromatic heterocycles. The summed E-state index contributed by atoms with van der Waals surface area (Å²) in [6.07, 6.45) is 3.57. The van der Waals surface area contributed by atoms with E-state index >= 15 is 0 Å². The minimum atomic E-state index is -0.185. The highest BCUT2D eigenvalue weighted by Gasteiger charge is 2.48. The number of benzene rings is 2. The van der Waals surface area contributed by atoms with Gasteiger partial charge in [0.15, 0.2) is 0 Å². The van der Waals surface area contributed by atoms with Gasteiger partial charge in [-0.1, -0.05) is 25.0 Å². The minimum absolute atomic E-state index is 0.102. The fraction of sp³-hybridized carbons (Fsp3) is 0.304. The largest absolute Gasteiger partial charge is 0.274 e. The topological polar surface area (TPSA) is 72.3 Å². The molecule has 3 aromatic rings. The lowest BCUT2D eigenvalue weighted by Gasteiger charge is -2.19. The second-order valence-corrected chi connectivity index (χ2v) is 7.84. The highest BCUT2D eigenvalue weighted by molar-refractivity contribution is 6.22. The van der Waals surface area contributed by atoms with Crippen molar-refractivity contribution in [1.29, 1.82) is 0 Å². The Balaban J connectivity index is 1.46. The molecule has 29 heavy (non-hydrogen) atoms. The summed E-state index contributed by atoms with van der Waals surface area (Å²) < 4.78 is 1.59. The van der Waals surface area contributed by atoms with Gasteiger partial charge < -0.3 is 0 Å². The maximum absolute atomic E-state index is 13.1. The zero-order chi connectivity index (χ0) is 20.1. The van der Waals surface area contributed by atoms with E-state index in [1.807, 2.05) is 24.3 Å². The van der Waals surface area contributed by atoms with E-state index in [1.54, 1.807) is 35.8 Å². The fourth-order valence-electron chi connectivity index (χ4n) is 4.70. The second kappa shape index (κ2) is 6.65. The molecule has 6 heteroatoms. The van der Waals surface area contributed by atoms with Crippen LogP contribution in [0, 0.1) is 18.8 Å². The number of rotatable bonds is 2. The number of carbonyl (C=O) groups excluding carboxylic acids is 3. The van der Waals surface area contributed by atoms with E-state index in [-0.39, 0.29) is 29.6 Å². The summed E-state index contributed by atoms with van der Waals surface area (Å²) in [6, 6.07) is 14.2. The third-order valence-electron chi connectivity index (χ3n) is 6.15. The maximum atomic E-state index is 13.1. The standard InChI is InChI=1S/C23H21N3O3/c1-14-24-19-8-4-5-9-20(19)25(14)21(27)15-10-12-16(13-11-15)26-22(28)17-6-2-3-7-18(17)23(26)29/h4-5,8-13,17-18H,2-3,6-7H2,1H3. The summed E-state index contributed by atoms with van der Waals surface area (Å²) in [6.45, 7) is 1.80. The Labute approximate surface area is 168 Å². The number of carbonyl (C=O) groups is 3. The van der Waals surface area contributed by atoms with Gasteiger partial charge in [-0.2, -0.15) is 0 Å². The molecular formula is C23H21N3O3. The van der Waals surface area contributed by atoms with Crippen molar-refractivity contribution in [3.05, 3.63) is 59.9 Å². The van der Waals surface area contributed by atoms with Crippen molar-refractivity contribution in [3.63, 3.8) is 0 Å². The molecule has 2 heterocycles. The van der Waals surface area contributed by atoms with Gasteiger partial charge in [-0.15, -0.1) is 0 Å². The molecule has 5 rings (SSSR count). The molecule has 1 saturated carbocycles. The summed E-state index contributed by atoms with van der Waals surface area (Å²) in [5.41, 5.74) is 2.55. The Kier molecular flexibility index (Phi) is 4.08. The first-order valence-electron chi connectivity index (χ1n) is 10.0. The number of aryl methyl sites for hydroxylation is 1. The maximum Gasteiger partial charge on any atom is 0.263 e. The first-order chi connectivity index (χ1) is 14.1. The van der Waals surface area contributed by atoms with E-state index < -0.39 is 0 Å². The van der Waals surface area contributed by atoms with Crippen molar-refractivity contribution < 1.29 is 14.4 Å². The lowest BCUT2D eigenvalue weighted by Crippen LogP contribution is -2.30. The van der Waals surface area contributed by atoms with Crippen LogP contribution in [-0.4, -0.2) is 27.3 Å². The van der Waals surface area contributed by atoms with E-state index in [4.69, 9.17) is 0 Å². The van der Waals surface area contributed by atoms with Crippen LogP contribution in [0.15, 0.2) is 48.5 Å². The van der Waals surface area contributed by atoms with Crippen molar-refractivity contribution in [2.45, 2.75) is 32.6 Å². The Bertz CT molecular complexity index is 1120. The summed E-state index contributed by atoms with van der Waals surface area (Å²) in [5.74, 6) is -0.134. The summed E-state index contributed by atoms with van der Waals surface area (Å²) in [5, 5.41) is 0. The van der Waals surface area contributed by atoms with Crippen molar-refractivity contribution in [1.82, 2.24) is 9.55 Å². The van der Waals surface area contributed by atoms with Gasteiger partial charge in [-0.05, 0) is 56.2 Å². The average molecular weight is 387 g/mol. The summed E-state index contributed by atoms with van der Waals surface area (Å²) in [4.78, 5) is 44.4. The number of hydrogen-bond donors (Lipinski definition) is 0. The first-order valence-corrected chi connectivity index (χ1v) is 10.0. The lowest BCUT2D eigenvalue weighted by atomic mass is 9.81. The zero-order valence-corrected chi connectivity index (χ0v) is 16.2. The third kappa shape index (κ3) is 2.70. The number of fused-ring (bicyclic) bond motifs is 2. The lowest BCUT2D eigenvalue weighted by molar-refractivity contribution is -0.122. The van der Waals surface area contributed by atoms with Gasteiger partial charge >= 0.3 is 0 Å². The molecule has 0 bridgehead atoms. The molecule has 146 valence electrons. The number of aromatic nitrogens is 2. The normalized spacial score (nSPS) is 21.6. The van der Waals surface area contributed by atoms with Gasteiger partial charge in [0.25, 0.3) is 5.91 Å². The predicted molar refractivity (Wildman–Crippen MR) is 109 cm³/mol. The SMILES string of the molecule is Cc1nc2ccccc2n1C(=O)c1ccc(N2C(=O)C3CCCCC3C2=O)cc1. The molecule has 2 fully saturated rings. The Morgan fingerprint density at radius 2 is 1.55 bits per heavy atom. The smallest absolute Gasteiger partial charge is 0.263 e. The van der Waals surface area contributed by atoms with E-state index in [2.05, 4.69) is 4.98 Å². The molecule has 6 nitrogen and oxygen atoms in total. The van der Waals surface area contributed by atoms with Crippen LogP contribution in [0.5, 0.6) is 0 Å². The minimum Gasteiger partial charge on any atom is -0.274 e. The van der Waals surface area contributed by atoms with Crippen molar-refractivity contribution in [2.75, 3.05) is 4.90 Å². The number of amides is 2. The third-order valence-corrected chi connectivity index (χ3v) is 6.15. The highest BCUT2D eigenvalue weighted by atomic mass is 16.2. The van der Waals surface area contributed by atoms with E-state index in [1.165, 1.54) is 4.90 Å². The van der Waals surface area contributed by atoms with Crippen LogP contribution >= 0.6 is 0 Å². The summed E-state index contributed by atoms with van der Waals surface area (Å²) in [7, 11) is 0. The molecule has 0 N–H and O–H groups in total. The number of para-hydroxylation sites is 2. The molecule has 0 radical (unpaired) electrons. The first kappa shape index (κ1) is 17.8. The van der Waals surface area contributed by atoms with Gasteiger partial charge in [0.2, 0.25) is 11.8 Å². The van der Waals surface area contributed by atoms with Crippen molar-refractivity contribution in [3.8, 4) is 0 Å². The van der Waals surface area contributed by atoms with E-state index in [0.717, 1.165) is 36.7 Å². The zero-order valence-electron chi connectivity index (χ0n) is 16.2. The number of imidazole rings is 1. The molecule has 0 spiro atoms. The molecule has 2 atom stereocenters. The van der Waals surface area contributed by atoms with Crippen LogP contribution in [0.3, 0.4) is 0 Å². The van der Waals surface area contributed by atoms with Gasteiger partial charge in [0.1, 0.15) is 5.82 Å². The Morgan fingerprint density at radius 3 is 2.21 bits per heavy atom. The molecule has 1 saturated heterocycles. The van der Waals surface area contributed by atoms with Gasteiger partial charge in [0, 0.05) is 5.56 Å². The molecule has 2 amide bonds. The molecular weight excluding hydrogens is 366 g/mol. The van der Waals surface area contributed by atoms with Crippen LogP contribution in [-0.2, 0) is 9.59 Å². The van der Waals surface area contributed by atoms with Crippen LogP contribution in [0.4, 0.5) is 5.69 Å². The van der Waals surface area contributed by atoms with Crippen LogP contribution in [0.25, 0.3) is 11.0 Å². The van der Waals surface area contributed by atoms with Crippen LogP contribution in [0.2, 0.25) is 0 Å². The number of anilines is 1. The van der Waals surface area contributed by atoms with E-state index in [0.29, 0.717) is 17.1 Å². The van der Waals surface area contributed by atoms with E-state index in [9.17, 15) is 14.4 Å². The van der Waals surface area contributed by atoms with Gasteiger partial charge in [-0.25, -0.2) is 4.98 Å². The van der Waals surface area contributed by atoms with Crippen molar-refractivity contribution >= 4 is 34.4 Å². The van der Waals surface area contributed by atoms with Gasteiger partial charge in [-0.3, -0.25) is 23.9 Å². The Hall–Kier alpha value is -3.28. The average Bonchev–Trinajstić information content (AvgIpc) is 3.21. The number of imide groups is 1. The summed E-state index contributed by atoms with van der Waals surface area (Å²) >= 11 is 0. The highest BCUT2D eigenvalue weighted by Crippen LogP contribution is 2.40. The molecule has 2 unspecified atom stereocenters.